The van der Waals surface area contributed by atoms with Crippen molar-refractivity contribution in [2.45, 2.75) is 26.3 Å². The van der Waals surface area contributed by atoms with E-state index in [0.717, 1.165) is 32.4 Å². The highest BCUT2D eigenvalue weighted by molar-refractivity contribution is 8.14. The van der Waals surface area contributed by atoms with Crippen LogP contribution in [0.3, 0.4) is 0 Å². The molecule has 3 rings (SSSR count). The van der Waals surface area contributed by atoms with E-state index in [2.05, 4.69) is 24.9 Å². The van der Waals surface area contributed by atoms with Gasteiger partial charge in [-0.25, -0.2) is 0 Å². The van der Waals surface area contributed by atoms with Crippen molar-refractivity contribution in [1.82, 2.24) is 4.98 Å². The minimum absolute atomic E-state index is 0.468. The third-order valence-corrected chi connectivity index (χ3v) is 4.65. The van der Waals surface area contributed by atoms with Crippen LogP contribution < -0.4 is 0 Å². The molecule has 0 amide bonds. The van der Waals surface area contributed by atoms with Crippen LogP contribution in [-0.4, -0.2) is 21.8 Å². The number of nitrogens with one attached hydrogen (secondary N) is 1. The average molecular weight is 293 g/mol. The van der Waals surface area contributed by atoms with Gasteiger partial charge in [-0.2, -0.15) is 0 Å². The van der Waals surface area contributed by atoms with Gasteiger partial charge in [-0.05, 0) is 36.6 Å². The fourth-order valence-corrected chi connectivity index (χ4v) is 3.68. The summed E-state index contributed by atoms with van der Waals surface area (Å²) in [5, 5.41) is 3.06. The zero-order valence-corrected chi connectivity index (χ0v) is 12.7. The van der Waals surface area contributed by atoms with Gasteiger partial charge in [-0.3, -0.25) is 4.99 Å². The van der Waals surface area contributed by atoms with E-state index in [1.54, 1.807) is 0 Å². The maximum Gasteiger partial charge on any atom is 0.114 e. The Kier molecular flexibility index (Phi) is 3.59. The van der Waals surface area contributed by atoms with E-state index in [0.29, 0.717) is 12.0 Å². The number of thioether (sulfide) groups is 1. The van der Waals surface area contributed by atoms with Gasteiger partial charge in [0.25, 0.3) is 0 Å². The lowest BCUT2D eigenvalue weighted by Gasteiger charge is -2.07. The molecule has 1 atom stereocenters. The van der Waals surface area contributed by atoms with Crippen LogP contribution in [0.1, 0.15) is 26.0 Å². The third-order valence-electron chi connectivity index (χ3n) is 3.27. The highest BCUT2D eigenvalue weighted by Gasteiger charge is 2.21. The summed E-state index contributed by atoms with van der Waals surface area (Å²) in [4.78, 5) is 8.26. The second kappa shape index (κ2) is 5.22. The van der Waals surface area contributed by atoms with Crippen molar-refractivity contribution in [1.29, 1.82) is 0 Å². The van der Waals surface area contributed by atoms with Gasteiger partial charge in [0.1, 0.15) is 5.04 Å². The minimum Gasteiger partial charge on any atom is -0.353 e. The van der Waals surface area contributed by atoms with Crippen LogP contribution in [0.25, 0.3) is 10.9 Å². The van der Waals surface area contributed by atoms with Gasteiger partial charge in [0.2, 0.25) is 0 Å². The fourth-order valence-electron chi connectivity index (χ4n) is 2.45. The van der Waals surface area contributed by atoms with Crippen molar-refractivity contribution < 1.29 is 0 Å². The Morgan fingerprint density at radius 3 is 3.05 bits per heavy atom. The molecule has 0 saturated carbocycles. The maximum absolute atomic E-state index is 6.02. The van der Waals surface area contributed by atoms with Crippen LogP contribution >= 0.6 is 23.4 Å². The van der Waals surface area contributed by atoms with E-state index in [9.17, 15) is 0 Å². The van der Waals surface area contributed by atoms with Crippen molar-refractivity contribution in [2.75, 3.05) is 5.75 Å². The fraction of sp³-hybridized carbons (Fsp3) is 0.400. The molecule has 1 aromatic heterocycles. The molecule has 0 radical (unpaired) electrons. The summed E-state index contributed by atoms with van der Waals surface area (Å²) < 4.78 is 0. The highest BCUT2D eigenvalue weighted by atomic mass is 35.5. The van der Waals surface area contributed by atoms with Crippen LogP contribution in [0.15, 0.2) is 29.3 Å². The number of hydrogen-bond acceptors (Lipinski definition) is 2. The summed E-state index contributed by atoms with van der Waals surface area (Å²) >= 11 is 7.87. The zero-order valence-electron chi connectivity index (χ0n) is 11.1. The van der Waals surface area contributed by atoms with Crippen molar-refractivity contribution in [3.63, 3.8) is 0 Å². The van der Waals surface area contributed by atoms with E-state index >= 15 is 0 Å². The average Bonchev–Trinajstić information content (AvgIpc) is 2.93. The Hall–Kier alpha value is -0.930. The van der Waals surface area contributed by atoms with E-state index in [4.69, 9.17) is 16.6 Å². The second-order valence-electron chi connectivity index (χ2n) is 5.44. The molecule has 0 spiro atoms. The van der Waals surface area contributed by atoms with Crippen molar-refractivity contribution >= 4 is 39.3 Å². The summed E-state index contributed by atoms with van der Waals surface area (Å²) in [6.45, 7) is 4.51. The lowest BCUT2D eigenvalue weighted by Crippen LogP contribution is -2.07. The number of benzene rings is 1. The molecule has 0 saturated heterocycles. The molecule has 2 nitrogen and oxygen atoms in total. The van der Waals surface area contributed by atoms with E-state index < -0.39 is 0 Å². The molecule has 1 N–H and O–H groups in total. The molecule has 100 valence electrons. The zero-order chi connectivity index (χ0) is 13.4. The van der Waals surface area contributed by atoms with Crippen LogP contribution in [-0.2, 0) is 0 Å². The third kappa shape index (κ3) is 2.82. The summed E-state index contributed by atoms with van der Waals surface area (Å²) in [5.41, 5.74) is 2.24. The first-order chi connectivity index (χ1) is 9.11. The van der Waals surface area contributed by atoms with Crippen LogP contribution in [0, 0.1) is 5.92 Å². The molecular formula is C15H17ClN2S. The van der Waals surface area contributed by atoms with Gasteiger partial charge in [0.15, 0.2) is 0 Å². The lowest BCUT2D eigenvalue weighted by atomic mass is 10.1. The van der Waals surface area contributed by atoms with Crippen molar-refractivity contribution in [3.8, 4) is 0 Å². The first-order valence-corrected chi connectivity index (χ1v) is 7.97. The Balaban J connectivity index is 1.88. The number of halogens is 1. The Bertz CT molecular complexity index is 630. The number of rotatable bonds is 3. The number of aliphatic imine (C=N–C) groups is 1. The monoisotopic (exact) mass is 292 g/mol. The minimum atomic E-state index is 0.468. The molecule has 1 aromatic carbocycles. The molecular weight excluding hydrogens is 276 g/mol. The molecule has 1 aliphatic heterocycles. The number of nitrogens with zero attached hydrogens (tertiary/aromatic N) is 1. The summed E-state index contributed by atoms with van der Waals surface area (Å²) in [6.07, 6.45) is 1.17. The smallest absolute Gasteiger partial charge is 0.114 e. The highest BCUT2D eigenvalue weighted by Crippen LogP contribution is 2.29. The normalized spacial score (nSPS) is 19.4. The molecule has 19 heavy (non-hydrogen) atoms. The molecule has 2 heterocycles. The van der Waals surface area contributed by atoms with E-state index in [1.807, 2.05) is 30.0 Å². The van der Waals surface area contributed by atoms with Crippen molar-refractivity contribution in [3.05, 3.63) is 35.0 Å². The van der Waals surface area contributed by atoms with Crippen LogP contribution in [0.5, 0.6) is 0 Å². The predicted molar refractivity (Wildman–Crippen MR) is 85.5 cm³/mol. The summed E-state index contributed by atoms with van der Waals surface area (Å²) in [5.74, 6) is 1.80. The first-order valence-electron chi connectivity index (χ1n) is 6.61. The van der Waals surface area contributed by atoms with Gasteiger partial charge >= 0.3 is 0 Å². The number of hydrogen-bond donors (Lipinski definition) is 1. The topological polar surface area (TPSA) is 28.1 Å². The number of aromatic nitrogens is 1. The van der Waals surface area contributed by atoms with Crippen LogP contribution in [0.2, 0.25) is 5.02 Å². The summed E-state index contributed by atoms with van der Waals surface area (Å²) in [7, 11) is 0. The van der Waals surface area contributed by atoms with Gasteiger partial charge in [0, 0.05) is 21.7 Å². The van der Waals surface area contributed by atoms with Crippen LogP contribution in [0.4, 0.5) is 0 Å². The Morgan fingerprint density at radius 1 is 1.42 bits per heavy atom. The Morgan fingerprint density at radius 2 is 2.26 bits per heavy atom. The lowest BCUT2D eigenvalue weighted by molar-refractivity contribution is 0.529. The molecule has 1 unspecified atom stereocenters. The van der Waals surface area contributed by atoms with Gasteiger partial charge in [-0.15, -0.1) is 11.8 Å². The molecule has 0 fully saturated rings. The van der Waals surface area contributed by atoms with Gasteiger partial charge < -0.3 is 4.98 Å². The first kappa shape index (κ1) is 13.1. The molecule has 0 bridgehead atoms. The second-order valence-corrected chi connectivity index (χ2v) is 6.89. The summed E-state index contributed by atoms with van der Waals surface area (Å²) in [6, 6.07) is 8.53. The van der Waals surface area contributed by atoms with E-state index in [1.165, 1.54) is 6.42 Å². The van der Waals surface area contributed by atoms with E-state index in [-0.39, 0.29) is 0 Å². The Labute approximate surface area is 122 Å². The van der Waals surface area contributed by atoms with Crippen molar-refractivity contribution in [2.24, 2.45) is 10.9 Å². The molecule has 1 aliphatic rings. The molecule has 4 heteroatoms. The van der Waals surface area contributed by atoms with Gasteiger partial charge in [-0.1, -0.05) is 25.4 Å². The number of H-pyrrole nitrogens is 1. The largest absolute Gasteiger partial charge is 0.353 e. The maximum atomic E-state index is 6.02. The predicted octanol–water partition coefficient (Wildman–Crippen LogP) is 4.73. The number of aromatic amines is 1. The molecule has 0 aliphatic carbocycles. The van der Waals surface area contributed by atoms with Gasteiger partial charge in [0.05, 0.1) is 11.7 Å². The standard InChI is InChI=1S/C15H17ClN2S/c1-9(2)5-12-8-19-15(17-12)14-7-10-6-11(16)3-4-13(10)18-14/h3-4,6-7,9,12,18H,5,8H2,1-2H3. The quantitative estimate of drug-likeness (QED) is 0.870. The number of fused-ring (bicyclic) bond motifs is 1. The molecule has 2 aromatic rings. The SMILES string of the molecule is CC(C)CC1CSC(c2cc3cc(Cl)ccc3[nH]2)=N1.